The molecule has 34 heavy (non-hydrogen) atoms. The molecule has 5 aromatic rings. The number of nitrogens with zero attached hydrogens (tertiary/aromatic N) is 5. The van der Waals surface area contributed by atoms with Crippen molar-refractivity contribution in [1.29, 1.82) is 0 Å². The third kappa shape index (κ3) is 4.18. The zero-order valence-corrected chi connectivity index (χ0v) is 20.7. The van der Waals surface area contributed by atoms with Crippen LogP contribution >= 0.6 is 23.1 Å². The number of rotatable bonds is 8. The zero-order valence-electron chi connectivity index (χ0n) is 19.1. The van der Waals surface area contributed by atoms with E-state index in [1.165, 1.54) is 11.8 Å². The van der Waals surface area contributed by atoms with Gasteiger partial charge in [0.15, 0.2) is 16.8 Å². The maximum absolute atomic E-state index is 5.56. The second-order valence-corrected chi connectivity index (χ2v) is 9.24. The van der Waals surface area contributed by atoms with Gasteiger partial charge in [-0.05, 0) is 36.4 Å². The summed E-state index contributed by atoms with van der Waals surface area (Å²) in [6.07, 6.45) is 0. The van der Waals surface area contributed by atoms with Crippen LogP contribution in [0.4, 0.5) is 0 Å². The minimum absolute atomic E-state index is 0.342. The predicted octanol–water partition coefficient (Wildman–Crippen LogP) is 5.94. The smallest absolute Gasteiger partial charge is 0.197 e. The van der Waals surface area contributed by atoms with Crippen LogP contribution in [0, 0.1) is 0 Å². The van der Waals surface area contributed by atoms with Crippen molar-refractivity contribution in [2.24, 2.45) is 0 Å². The topological polar surface area (TPSA) is 75.0 Å². The van der Waals surface area contributed by atoms with Crippen molar-refractivity contribution in [3.8, 4) is 28.3 Å². The molecule has 2 aromatic carbocycles. The molecule has 0 saturated carbocycles. The number of para-hydroxylation sites is 1. The van der Waals surface area contributed by atoms with Crippen molar-refractivity contribution < 1.29 is 9.47 Å². The normalized spacial score (nSPS) is 11.3. The second kappa shape index (κ2) is 9.92. The first-order valence-corrected chi connectivity index (χ1v) is 12.5. The molecule has 0 aliphatic heterocycles. The number of methoxy groups -OCH3 is 2. The van der Waals surface area contributed by atoms with Gasteiger partial charge in [-0.3, -0.25) is 0 Å². The number of benzene rings is 2. The van der Waals surface area contributed by atoms with E-state index in [9.17, 15) is 0 Å². The molecule has 9 heteroatoms. The van der Waals surface area contributed by atoms with Crippen LogP contribution in [0.2, 0.25) is 0 Å². The summed E-state index contributed by atoms with van der Waals surface area (Å²) >= 11 is 3.11. The molecule has 0 aliphatic carbocycles. The van der Waals surface area contributed by atoms with Crippen LogP contribution < -0.4 is 4.74 Å². The SMILES string of the molecule is CCn1c(Sc2nc(COC)nc3scc(-c4ccccc4)c23)nnc1-c1ccccc1OC. The molecule has 0 aliphatic rings. The van der Waals surface area contributed by atoms with E-state index in [4.69, 9.17) is 19.4 Å². The number of aromatic nitrogens is 5. The fourth-order valence-electron chi connectivity index (χ4n) is 3.81. The molecule has 5 rings (SSSR count). The highest BCUT2D eigenvalue weighted by molar-refractivity contribution is 7.99. The lowest BCUT2D eigenvalue weighted by Crippen LogP contribution is -2.02. The first-order valence-electron chi connectivity index (χ1n) is 10.8. The van der Waals surface area contributed by atoms with E-state index in [1.807, 2.05) is 42.5 Å². The van der Waals surface area contributed by atoms with Gasteiger partial charge in [0, 0.05) is 24.6 Å². The molecule has 3 heterocycles. The van der Waals surface area contributed by atoms with Crippen molar-refractivity contribution in [3.05, 3.63) is 65.8 Å². The third-order valence-electron chi connectivity index (χ3n) is 5.37. The number of thiophene rings is 1. The molecule has 0 saturated heterocycles. The van der Waals surface area contributed by atoms with Crippen LogP contribution in [0.5, 0.6) is 5.75 Å². The van der Waals surface area contributed by atoms with Gasteiger partial charge in [0.05, 0.1) is 18.1 Å². The van der Waals surface area contributed by atoms with Crippen LogP contribution in [0.1, 0.15) is 12.7 Å². The lowest BCUT2D eigenvalue weighted by molar-refractivity contribution is 0.177. The van der Waals surface area contributed by atoms with E-state index in [-0.39, 0.29) is 0 Å². The Balaban J connectivity index is 1.64. The summed E-state index contributed by atoms with van der Waals surface area (Å²) in [4.78, 5) is 10.5. The average molecular weight is 490 g/mol. The van der Waals surface area contributed by atoms with Gasteiger partial charge in [-0.25, -0.2) is 9.97 Å². The largest absolute Gasteiger partial charge is 0.496 e. The first kappa shape index (κ1) is 22.5. The maximum Gasteiger partial charge on any atom is 0.197 e. The molecule has 3 aromatic heterocycles. The molecule has 172 valence electrons. The van der Waals surface area contributed by atoms with E-state index in [0.717, 1.165) is 48.7 Å². The molecular weight excluding hydrogens is 466 g/mol. The summed E-state index contributed by atoms with van der Waals surface area (Å²) < 4.78 is 13.0. The Morgan fingerprint density at radius 2 is 1.74 bits per heavy atom. The zero-order chi connectivity index (χ0) is 23.5. The summed E-state index contributed by atoms with van der Waals surface area (Å²) in [7, 11) is 3.31. The molecule has 0 amide bonds. The summed E-state index contributed by atoms with van der Waals surface area (Å²) in [5, 5.41) is 13.8. The van der Waals surface area contributed by atoms with Gasteiger partial charge in [0.25, 0.3) is 0 Å². The molecule has 7 nitrogen and oxygen atoms in total. The van der Waals surface area contributed by atoms with Crippen molar-refractivity contribution in [2.75, 3.05) is 14.2 Å². The van der Waals surface area contributed by atoms with Crippen molar-refractivity contribution >= 4 is 33.3 Å². The van der Waals surface area contributed by atoms with Crippen molar-refractivity contribution in [3.63, 3.8) is 0 Å². The van der Waals surface area contributed by atoms with Gasteiger partial charge in [0.2, 0.25) is 0 Å². The molecule has 0 N–H and O–H groups in total. The highest BCUT2D eigenvalue weighted by Crippen LogP contribution is 2.41. The number of hydrogen-bond donors (Lipinski definition) is 0. The Labute approximate surface area is 205 Å². The molecule has 0 bridgehead atoms. The van der Waals surface area contributed by atoms with Gasteiger partial charge in [-0.15, -0.1) is 21.5 Å². The minimum Gasteiger partial charge on any atom is -0.496 e. The Kier molecular flexibility index (Phi) is 6.57. The van der Waals surface area contributed by atoms with Crippen LogP contribution in [0.15, 0.2) is 70.2 Å². The van der Waals surface area contributed by atoms with Crippen molar-refractivity contribution in [2.45, 2.75) is 30.3 Å². The van der Waals surface area contributed by atoms with Gasteiger partial charge in [-0.1, -0.05) is 42.5 Å². The van der Waals surface area contributed by atoms with Gasteiger partial charge < -0.3 is 14.0 Å². The van der Waals surface area contributed by atoms with Crippen LogP contribution in [0.25, 0.3) is 32.7 Å². The highest BCUT2D eigenvalue weighted by Gasteiger charge is 2.21. The second-order valence-electron chi connectivity index (χ2n) is 7.43. The fraction of sp³-hybridized carbons (Fsp3) is 0.200. The summed E-state index contributed by atoms with van der Waals surface area (Å²) in [5.41, 5.74) is 3.14. The lowest BCUT2D eigenvalue weighted by atomic mass is 10.1. The summed E-state index contributed by atoms with van der Waals surface area (Å²) in [5.74, 6) is 2.17. The van der Waals surface area contributed by atoms with Gasteiger partial charge in [-0.2, -0.15) is 0 Å². The monoisotopic (exact) mass is 489 g/mol. The molecule has 0 fully saturated rings. The fourth-order valence-corrected chi connectivity index (χ4v) is 5.88. The number of hydrogen-bond acceptors (Lipinski definition) is 8. The van der Waals surface area contributed by atoms with E-state index in [1.54, 1.807) is 25.6 Å². The number of ether oxygens (including phenoxy) is 2. The van der Waals surface area contributed by atoms with Gasteiger partial charge >= 0.3 is 0 Å². The van der Waals surface area contributed by atoms with Crippen LogP contribution in [-0.4, -0.2) is 39.0 Å². The summed E-state index contributed by atoms with van der Waals surface area (Å²) in [6.45, 7) is 3.13. The highest BCUT2D eigenvalue weighted by atomic mass is 32.2. The molecule has 0 spiro atoms. The molecular formula is C25H23N5O2S2. The lowest BCUT2D eigenvalue weighted by Gasteiger charge is -2.11. The Bertz CT molecular complexity index is 1430. The summed E-state index contributed by atoms with van der Waals surface area (Å²) in [6, 6.07) is 18.2. The van der Waals surface area contributed by atoms with E-state index in [0.29, 0.717) is 19.0 Å². The maximum atomic E-state index is 5.56. The van der Waals surface area contributed by atoms with Crippen LogP contribution in [0.3, 0.4) is 0 Å². The Morgan fingerprint density at radius 1 is 0.941 bits per heavy atom. The first-order chi connectivity index (χ1) is 16.7. The Hall–Kier alpha value is -3.27. The van der Waals surface area contributed by atoms with Crippen molar-refractivity contribution in [1.82, 2.24) is 24.7 Å². The third-order valence-corrected chi connectivity index (χ3v) is 7.22. The molecule has 0 radical (unpaired) electrons. The average Bonchev–Trinajstić information content (AvgIpc) is 3.49. The Morgan fingerprint density at radius 3 is 2.50 bits per heavy atom. The minimum atomic E-state index is 0.342. The van der Waals surface area contributed by atoms with Crippen LogP contribution in [-0.2, 0) is 17.9 Å². The van der Waals surface area contributed by atoms with E-state index in [2.05, 4.69) is 39.2 Å². The van der Waals surface area contributed by atoms with E-state index < -0.39 is 0 Å². The molecule has 0 unspecified atom stereocenters. The van der Waals surface area contributed by atoms with E-state index >= 15 is 0 Å². The molecule has 0 atom stereocenters. The quantitative estimate of drug-likeness (QED) is 0.250. The number of fused-ring (bicyclic) bond motifs is 1. The standard InChI is InChI=1S/C25H23N5O2S2/c1-4-30-22(17-12-8-9-13-19(17)32-3)28-29-25(30)34-24-21-18(16-10-6-5-7-11-16)15-33-23(21)26-20(27-24)14-31-2/h5-13,15H,4,14H2,1-3H3. The predicted molar refractivity (Wildman–Crippen MR) is 135 cm³/mol. The van der Waals surface area contributed by atoms with Gasteiger partial charge in [0.1, 0.15) is 22.2 Å².